The molecule has 1 heterocycles. The minimum absolute atomic E-state index is 0.202. The van der Waals surface area contributed by atoms with Crippen molar-refractivity contribution in [2.24, 2.45) is 0 Å². The highest BCUT2D eigenvalue weighted by Gasteiger charge is 2.28. The third kappa shape index (κ3) is 4.86. The number of nitrogens with zero attached hydrogens (tertiary/aromatic N) is 1. The van der Waals surface area contributed by atoms with Crippen LogP contribution in [0.4, 0.5) is 0 Å². The number of hydrogen-bond donors (Lipinski definition) is 2. The summed E-state index contributed by atoms with van der Waals surface area (Å²) in [5.41, 5.74) is 2.55. The van der Waals surface area contributed by atoms with E-state index in [-0.39, 0.29) is 6.04 Å². The fourth-order valence-electron chi connectivity index (χ4n) is 3.21. The van der Waals surface area contributed by atoms with Gasteiger partial charge in [-0.2, -0.15) is 0 Å². The molecule has 138 valence electrons. The Hall–Kier alpha value is -1.79. The third-order valence-electron chi connectivity index (χ3n) is 4.35. The molecule has 0 aliphatic carbocycles. The number of methoxy groups -OCH3 is 2. The van der Waals surface area contributed by atoms with Crippen LogP contribution >= 0.6 is 12.2 Å². The highest BCUT2D eigenvalue weighted by Crippen LogP contribution is 2.37. The van der Waals surface area contributed by atoms with E-state index in [1.807, 2.05) is 6.08 Å². The molecule has 2 rings (SSSR count). The van der Waals surface area contributed by atoms with E-state index >= 15 is 0 Å². The van der Waals surface area contributed by atoms with E-state index in [2.05, 4.69) is 48.1 Å². The average Bonchev–Trinajstić information content (AvgIpc) is 2.59. The van der Waals surface area contributed by atoms with Gasteiger partial charge in [0.15, 0.2) is 16.6 Å². The first-order valence-corrected chi connectivity index (χ1v) is 9.05. The van der Waals surface area contributed by atoms with Crippen molar-refractivity contribution in [2.45, 2.75) is 32.4 Å². The third-order valence-corrected chi connectivity index (χ3v) is 4.62. The average molecular weight is 364 g/mol. The first kappa shape index (κ1) is 19.5. The van der Waals surface area contributed by atoms with Gasteiger partial charge in [-0.1, -0.05) is 6.08 Å². The zero-order chi connectivity index (χ0) is 18.4. The molecule has 0 amide bonds. The molecule has 0 saturated carbocycles. The number of hydrogen-bond acceptors (Lipinski definition) is 4. The predicted molar refractivity (Wildman–Crippen MR) is 107 cm³/mol. The first-order valence-electron chi connectivity index (χ1n) is 8.64. The van der Waals surface area contributed by atoms with Gasteiger partial charge >= 0.3 is 0 Å². The Kier molecular flexibility index (Phi) is 7.08. The molecule has 1 unspecified atom stereocenters. The summed E-state index contributed by atoms with van der Waals surface area (Å²) in [7, 11) is 3.34. The molecule has 0 bridgehead atoms. The molecular formula is C19H29N3O2S. The van der Waals surface area contributed by atoms with Crippen LogP contribution in [0.25, 0.3) is 0 Å². The van der Waals surface area contributed by atoms with Gasteiger partial charge in [-0.25, -0.2) is 0 Å². The maximum absolute atomic E-state index is 5.50. The number of fused-ring (bicyclic) bond motifs is 1. The van der Waals surface area contributed by atoms with Crippen LogP contribution < -0.4 is 20.1 Å². The second-order valence-corrected chi connectivity index (χ2v) is 6.87. The number of thiocarbonyl (C=S) groups is 1. The van der Waals surface area contributed by atoms with Gasteiger partial charge in [-0.05, 0) is 55.7 Å². The van der Waals surface area contributed by atoms with Crippen LogP contribution in [0.1, 0.15) is 31.0 Å². The lowest BCUT2D eigenvalue weighted by atomic mass is 9.91. The van der Waals surface area contributed by atoms with Crippen molar-refractivity contribution in [2.75, 3.05) is 33.9 Å². The monoisotopic (exact) mass is 363 g/mol. The van der Waals surface area contributed by atoms with Gasteiger partial charge < -0.3 is 20.1 Å². The van der Waals surface area contributed by atoms with Crippen LogP contribution in [0.2, 0.25) is 0 Å². The molecular weight excluding hydrogens is 334 g/mol. The summed E-state index contributed by atoms with van der Waals surface area (Å²) in [5.74, 6) is 1.54. The Morgan fingerprint density at radius 2 is 2.04 bits per heavy atom. The van der Waals surface area contributed by atoms with E-state index in [9.17, 15) is 0 Å². The largest absolute Gasteiger partial charge is 0.493 e. The molecule has 25 heavy (non-hydrogen) atoms. The van der Waals surface area contributed by atoms with E-state index in [0.29, 0.717) is 11.2 Å². The molecule has 1 aromatic carbocycles. The smallest absolute Gasteiger partial charge is 0.166 e. The van der Waals surface area contributed by atoms with E-state index in [0.717, 1.165) is 37.6 Å². The van der Waals surface area contributed by atoms with Crippen LogP contribution in [0, 0.1) is 0 Å². The van der Waals surface area contributed by atoms with E-state index in [1.54, 1.807) is 14.2 Å². The van der Waals surface area contributed by atoms with Gasteiger partial charge in [0.1, 0.15) is 0 Å². The highest BCUT2D eigenvalue weighted by molar-refractivity contribution is 7.80. The lowest BCUT2D eigenvalue weighted by Crippen LogP contribution is -2.46. The molecule has 0 saturated heterocycles. The zero-order valence-corrected chi connectivity index (χ0v) is 16.4. The molecule has 1 aliphatic rings. The number of nitrogens with one attached hydrogen (secondary N) is 2. The number of rotatable bonds is 7. The Balaban J connectivity index is 2.27. The van der Waals surface area contributed by atoms with Crippen molar-refractivity contribution in [1.82, 2.24) is 15.5 Å². The van der Waals surface area contributed by atoms with E-state index in [4.69, 9.17) is 21.7 Å². The lowest BCUT2D eigenvalue weighted by molar-refractivity contribution is 0.205. The first-order chi connectivity index (χ1) is 12.0. The fourth-order valence-corrected chi connectivity index (χ4v) is 3.53. The molecule has 5 nitrogen and oxygen atoms in total. The topological polar surface area (TPSA) is 45.8 Å². The van der Waals surface area contributed by atoms with E-state index < -0.39 is 0 Å². The Bertz CT molecular complexity index is 619. The summed E-state index contributed by atoms with van der Waals surface area (Å²) in [4.78, 5) is 2.41. The summed E-state index contributed by atoms with van der Waals surface area (Å²) >= 11 is 5.38. The van der Waals surface area contributed by atoms with Crippen molar-refractivity contribution in [3.8, 4) is 11.5 Å². The van der Waals surface area contributed by atoms with Crippen molar-refractivity contribution in [1.29, 1.82) is 0 Å². The van der Waals surface area contributed by atoms with Gasteiger partial charge in [0.25, 0.3) is 0 Å². The summed E-state index contributed by atoms with van der Waals surface area (Å²) in [6, 6.07) is 4.70. The van der Waals surface area contributed by atoms with Crippen LogP contribution in [-0.2, 0) is 6.42 Å². The normalized spacial score (nSPS) is 16.9. The van der Waals surface area contributed by atoms with Gasteiger partial charge in [0.05, 0.1) is 20.3 Å². The van der Waals surface area contributed by atoms with Crippen molar-refractivity contribution >= 4 is 17.3 Å². The Morgan fingerprint density at radius 1 is 1.36 bits per heavy atom. The minimum Gasteiger partial charge on any atom is -0.493 e. The van der Waals surface area contributed by atoms with Gasteiger partial charge in [0.2, 0.25) is 0 Å². The van der Waals surface area contributed by atoms with Crippen LogP contribution in [0.5, 0.6) is 11.5 Å². The Labute approximate surface area is 156 Å². The number of benzene rings is 1. The second-order valence-electron chi connectivity index (χ2n) is 6.46. The molecule has 0 radical (unpaired) electrons. The van der Waals surface area contributed by atoms with Crippen LogP contribution in [0.3, 0.4) is 0 Å². The molecule has 6 heteroatoms. The summed E-state index contributed by atoms with van der Waals surface area (Å²) in [6.45, 7) is 10.6. The molecule has 1 atom stereocenters. The molecule has 0 aromatic heterocycles. The summed E-state index contributed by atoms with van der Waals surface area (Å²) < 4.78 is 11.0. The van der Waals surface area contributed by atoms with Crippen molar-refractivity contribution < 1.29 is 9.47 Å². The van der Waals surface area contributed by atoms with Crippen LogP contribution in [0.15, 0.2) is 24.8 Å². The Morgan fingerprint density at radius 3 is 2.64 bits per heavy atom. The van der Waals surface area contributed by atoms with Crippen LogP contribution in [-0.4, -0.2) is 49.9 Å². The van der Waals surface area contributed by atoms with Crippen molar-refractivity contribution in [3.63, 3.8) is 0 Å². The zero-order valence-electron chi connectivity index (χ0n) is 15.6. The van der Waals surface area contributed by atoms with Crippen molar-refractivity contribution in [3.05, 3.63) is 35.9 Å². The lowest BCUT2D eigenvalue weighted by Gasteiger charge is -2.37. The van der Waals surface area contributed by atoms with E-state index in [1.165, 1.54) is 11.1 Å². The van der Waals surface area contributed by atoms with Gasteiger partial charge in [-0.15, -0.1) is 6.58 Å². The number of ether oxygens (including phenoxy) is 2. The predicted octanol–water partition coefficient (Wildman–Crippen LogP) is 2.66. The SMILES string of the molecule is C=CCN1CCc2cc(OC)c(OC)cc2C1CNC(=S)NC(C)C. The molecule has 1 aromatic rings. The maximum atomic E-state index is 5.50. The maximum Gasteiger partial charge on any atom is 0.166 e. The minimum atomic E-state index is 0.202. The standard InChI is InChI=1S/C19H29N3O2S/c1-6-8-22-9-7-14-10-17(23-4)18(24-5)11-15(14)16(22)12-20-19(25)21-13(2)3/h6,10-11,13,16H,1,7-9,12H2,2-5H3,(H2,20,21,25). The summed E-state index contributed by atoms with van der Waals surface area (Å²) in [5, 5.41) is 7.26. The molecule has 2 N–H and O–H groups in total. The fraction of sp³-hybridized carbons (Fsp3) is 0.526. The molecule has 0 spiro atoms. The molecule has 0 fully saturated rings. The second kappa shape index (κ2) is 9.06. The highest BCUT2D eigenvalue weighted by atomic mass is 32.1. The summed E-state index contributed by atoms with van der Waals surface area (Å²) in [6.07, 6.45) is 2.93. The van der Waals surface area contributed by atoms with Gasteiger partial charge in [0, 0.05) is 25.7 Å². The van der Waals surface area contributed by atoms with Gasteiger partial charge in [-0.3, -0.25) is 4.90 Å². The molecule has 1 aliphatic heterocycles. The quantitative estimate of drug-likeness (QED) is 0.574.